The zero-order chi connectivity index (χ0) is 6.43. The van der Waals surface area contributed by atoms with Gasteiger partial charge in [0.25, 0.3) is 0 Å². The summed E-state index contributed by atoms with van der Waals surface area (Å²) in [7, 11) is 0. The molecule has 2 aliphatic rings. The molecule has 1 aliphatic carbocycles. The monoisotopic (exact) mass is 126 g/mol. The third-order valence-corrected chi connectivity index (χ3v) is 2.42. The maximum absolute atomic E-state index is 10.6. The van der Waals surface area contributed by atoms with Crippen molar-refractivity contribution in [3.05, 3.63) is 0 Å². The van der Waals surface area contributed by atoms with Gasteiger partial charge < -0.3 is 11.1 Å². The lowest BCUT2D eigenvalue weighted by Gasteiger charge is -1.97. The lowest BCUT2D eigenvalue weighted by molar-refractivity contribution is -0.119. The SMILES string of the molecule is NC(=O)[C@H]1[C@@H]2CNC[C@@H]21. The Hall–Kier alpha value is -0.570. The highest BCUT2D eigenvalue weighted by Gasteiger charge is 2.55. The van der Waals surface area contributed by atoms with Crippen molar-refractivity contribution in [1.82, 2.24) is 5.32 Å². The highest BCUT2D eigenvalue weighted by Crippen LogP contribution is 2.48. The number of carbonyl (C=O) groups is 1. The molecule has 0 aromatic rings. The Labute approximate surface area is 53.6 Å². The molecule has 2 rings (SSSR count). The van der Waals surface area contributed by atoms with Crippen molar-refractivity contribution in [3.8, 4) is 0 Å². The Bertz CT molecular complexity index is 147. The summed E-state index contributed by atoms with van der Waals surface area (Å²) in [6, 6.07) is 0. The minimum Gasteiger partial charge on any atom is -0.369 e. The van der Waals surface area contributed by atoms with E-state index < -0.39 is 0 Å². The summed E-state index contributed by atoms with van der Waals surface area (Å²) in [5.74, 6) is 1.28. The molecule has 1 aliphatic heterocycles. The van der Waals surface area contributed by atoms with Crippen molar-refractivity contribution in [2.45, 2.75) is 0 Å². The van der Waals surface area contributed by atoms with E-state index in [1.165, 1.54) is 0 Å². The van der Waals surface area contributed by atoms with E-state index in [4.69, 9.17) is 5.73 Å². The van der Waals surface area contributed by atoms with Crippen LogP contribution in [0.4, 0.5) is 0 Å². The maximum atomic E-state index is 10.6. The summed E-state index contributed by atoms with van der Waals surface area (Å²) in [6.07, 6.45) is 0. The number of hydrogen-bond acceptors (Lipinski definition) is 2. The van der Waals surface area contributed by atoms with Crippen LogP contribution < -0.4 is 11.1 Å². The van der Waals surface area contributed by atoms with E-state index in [0.717, 1.165) is 13.1 Å². The average molecular weight is 126 g/mol. The van der Waals surface area contributed by atoms with Crippen molar-refractivity contribution in [2.24, 2.45) is 23.5 Å². The molecular formula is C6H10N2O. The van der Waals surface area contributed by atoms with E-state index in [9.17, 15) is 4.79 Å². The molecule has 3 N–H and O–H groups in total. The van der Waals surface area contributed by atoms with Gasteiger partial charge in [0.2, 0.25) is 5.91 Å². The van der Waals surface area contributed by atoms with Crippen LogP contribution in [0.2, 0.25) is 0 Å². The summed E-state index contributed by atoms with van der Waals surface area (Å²) >= 11 is 0. The molecule has 50 valence electrons. The topological polar surface area (TPSA) is 55.1 Å². The number of primary amides is 1. The number of rotatable bonds is 1. The first kappa shape index (κ1) is 5.23. The van der Waals surface area contributed by atoms with Crippen LogP contribution in [0.3, 0.4) is 0 Å². The fourth-order valence-electron chi connectivity index (χ4n) is 1.84. The highest BCUT2D eigenvalue weighted by molar-refractivity contribution is 5.80. The van der Waals surface area contributed by atoms with Crippen molar-refractivity contribution in [3.63, 3.8) is 0 Å². The molecule has 1 saturated heterocycles. The van der Waals surface area contributed by atoms with Gasteiger partial charge >= 0.3 is 0 Å². The average Bonchev–Trinajstić information content (AvgIpc) is 2.30. The summed E-state index contributed by atoms with van der Waals surface area (Å²) in [4.78, 5) is 10.6. The van der Waals surface area contributed by atoms with Gasteiger partial charge in [0, 0.05) is 5.92 Å². The first-order chi connectivity index (χ1) is 4.30. The van der Waals surface area contributed by atoms with Gasteiger partial charge in [-0.3, -0.25) is 4.79 Å². The predicted octanol–water partition coefficient (Wildman–Crippen LogP) is -1.06. The van der Waals surface area contributed by atoms with Crippen molar-refractivity contribution < 1.29 is 4.79 Å². The van der Waals surface area contributed by atoms with Gasteiger partial charge in [-0.25, -0.2) is 0 Å². The van der Waals surface area contributed by atoms with Gasteiger partial charge in [0.1, 0.15) is 0 Å². The van der Waals surface area contributed by atoms with Gasteiger partial charge in [-0.05, 0) is 24.9 Å². The second-order valence-electron chi connectivity index (χ2n) is 2.91. The third-order valence-electron chi connectivity index (χ3n) is 2.42. The quantitative estimate of drug-likeness (QED) is 0.470. The van der Waals surface area contributed by atoms with Crippen LogP contribution in [0.1, 0.15) is 0 Å². The van der Waals surface area contributed by atoms with E-state index in [0.29, 0.717) is 11.8 Å². The zero-order valence-electron chi connectivity index (χ0n) is 5.13. The molecule has 1 saturated carbocycles. The molecule has 3 atom stereocenters. The molecule has 0 aromatic heterocycles. The van der Waals surface area contributed by atoms with E-state index in [1.54, 1.807) is 0 Å². The third kappa shape index (κ3) is 0.580. The summed E-state index contributed by atoms with van der Waals surface area (Å²) in [5, 5.41) is 3.20. The Kier molecular flexibility index (Phi) is 0.858. The molecule has 0 unspecified atom stereocenters. The number of amides is 1. The predicted molar refractivity (Wildman–Crippen MR) is 32.5 cm³/mol. The standard InChI is InChI=1S/C6H10N2O/c7-6(9)5-3-1-8-2-4(3)5/h3-5,8H,1-2H2,(H2,7,9)/t3-,4+,5+. The van der Waals surface area contributed by atoms with Gasteiger partial charge in [-0.1, -0.05) is 0 Å². The molecule has 1 amide bonds. The zero-order valence-corrected chi connectivity index (χ0v) is 5.13. The van der Waals surface area contributed by atoms with Crippen LogP contribution in [-0.2, 0) is 4.79 Å². The highest BCUT2D eigenvalue weighted by atomic mass is 16.1. The van der Waals surface area contributed by atoms with E-state index in [2.05, 4.69) is 5.32 Å². The lowest BCUT2D eigenvalue weighted by atomic mass is 10.3. The number of carbonyl (C=O) groups excluding carboxylic acids is 1. The van der Waals surface area contributed by atoms with Gasteiger partial charge in [-0.15, -0.1) is 0 Å². The second kappa shape index (κ2) is 1.48. The maximum Gasteiger partial charge on any atom is 0.221 e. The van der Waals surface area contributed by atoms with E-state index in [1.807, 2.05) is 0 Å². The molecule has 0 aromatic carbocycles. The van der Waals surface area contributed by atoms with Crippen LogP contribution >= 0.6 is 0 Å². The fourth-order valence-corrected chi connectivity index (χ4v) is 1.84. The Balaban J connectivity index is 2.02. The molecule has 0 spiro atoms. The van der Waals surface area contributed by atoms with Gasteiger partial charge in [-0.2, -0.15) is 0 Å². The van der Waals surface area contributed by atoms with Crippen LogP contribution in [0.25, 0.3) is 0 Å². The van der Waals surface area contributed by atoms with Gasteiger partial charge in [0.05, 0.1) is 0 Å². The number of nitrogens with one attached hydrogen (secondary N) is 1. The van der Waals surface area contributed by atoms with Crippen LogP contribution in [0, 0.1) is 17.8 Å². The normalized spacial score (nSPS) is 46.4. The fraction of sp³-hybridized carbons (Fsp3) is 0.833. The summed E-state index contributed by atoms with van der Waals surface area (Å²) < 4.78 is 0. The van der Waals surface area contributed by atoms with Crippen LogP contribution in [-0.4, -0.2) is 19.0 Å². The molecule has 9 heavy (non-hydrogen) atoms. The van der Waals surface area contributed by atoms with E-state index in [-0.39, 0.29) is 11.8 Å². The largest absolute Gasteiger partial charge is 0.369 e. The van der Waals surface area contributed by atoms with E-state index >= 15 is 0 Å². The first-order valence-corrected chi connectivity index (χ1v) is 3.31. The smallest absolute Gasteiger partial charge is 0.221 e. The number of nitrogens with two attached hydrogens (primary N) is 1. The minimum atomic E-state index is -0.105. The first-order valence-electron chi connectivity index (χ1n) is 3.31. The summed E-state index contributed by atoms with van der Waals surface area (Å²) in [5.41, 5.74) is 5.12. The van der Waals surface area contributed by atoms with Crippen LogP contribution in [0.5, 0.6) is 0 Å². The Morgan fingerprint density at radius 2 is 2.00 bits per heavy atom. The Morgan fingerprint density at radius 1 is 1.44 bits per heavy atom. The number of piperidine rings is 1. The molecule has 3 nitrogen and oxygen atoms in total. The second-order valence-corrected chi connectivity index (χ2v) is 2.91. The lowest BCUT2D eigenvalue weighted by Crippen LogP contribution is -2.23. The number of fused-ring (bicyclic) bond motifs is 1. The molecule has 1 heterocycles. The van der Waals surface area contributed by atoms with Crippen molar-refractivity contribution >= 4 is 5.91 Å². The molecule has 2 fully saturated rings. The van der Waals surface area contributed by atoms with Crippen LogP contribution in [0.15, 0.2) is 0 Å². The molecule has 3 heteroatoms. The molecule has 0 radical (unpaired) electrons. The van der Waals surface area contributed by atoms with Crippen molar-refractivity contribution in [2.75, 3.05) is 13.1 Å². The summed E-state index contributed by atoms with van der Waals surface area (Å²) in [6.45, 7) is 2.00. The minimum absolute atomic E-state index is 0.105. The molecular weight excluding hydrogens is 116 g/mol. The molecule has 0 bridgehead atoms. The van der Waals surface area contributed by atoms with Crippen molar-refractivity contribution in [1.29, 1.82) is 0 Å². The Morgan fingerprint density at radius 3 is 2.33 bits per heavy atom. The number of hydrogen-bond donors (Lipinski definition) is 2. The van der Waals surface area contributed by atoms with Gasteiger partial charge in [0.15, 0.2) is 0 Å².